The molecular weight excluding hydrogens is 551 g/mol. The number of aromatic nitrogens is 2. The second-order valence-corrected chi connectivity index (χ2v) is 9.83. The first-order chi connectivity index (χ1) is 19.1. The van der Waals surface area contributed by atoms with E-state index in [2.05, 4.69) is 15.3 Å². The van der Waals surface area contributed by atoms with Gasteiger partial charge in [0, 0.05) is 47.6 Å². The number of carbonyl (C=O) groups is 3. The molecule has 1 saturated carbocycles. The first-order valence-corrected chi connectivity index (χ1v) is 12.7. The molecule has 2 heterocycles. The number of amides is 3. The van der Waals surface area contributed by atoms with Crippen molar-refractivity contribution in [1.29, 1.82) is 0 Å². The van der Waals surface area contributed by atoms with E-state index in [1.54, 1.807) is 12.1 Å². The van der Waals surface area contributed by atoms with Crippen molar-refractivity contribution in [2.24, 2.45) is 0 Å². The summed E-state index contributed by atoms with van der Waals surface area (Å²) < 4.78 is 47.0. The van der Waals surface area contributed by atoms with Crippen molar-refractivity contribution in [3.8, 4) is 0 Å². The third kappa shape index (κ3) is 5.63. The second-order valence-electron chi connectivity index (χ2n) is 9.43. The first-order valence-electron chi connectivity index (χ1n) is 12.3. The van der Waals surface area contributed by atoms with Gasteiger partial charge in [0.2, 0.25) is 11.9 Å². The molecule has 0 bridgehead atoms. The fourth-order valence-corrected chi connectivity index (χ4v) is 4.99. The predicted octanol–water partition coefficient (Wildman–Crippen LogP) is 3.69. The molecule has 2 atom stereocenters. The maximum atomic E-state index is 14.5. The molecule has 3 amide bonds. The molecule has 1 aromatic heterocycles. The zero-order valence-corrected chi connectivity index (χ0v) is 21.6. The fraction of sp³-hybridized carbons (Fsp3) is 0.296. The van der Waals surface area contributed by atoms with Gasteiger partial charge in [-0.1, -0.05) is 35.9 Å². The zero-order valence-electron chi connectivity index (χ0n) is 20.8. The molecule has 2 aliphatic rings. The van der Waals surface area contributed by atoms with Crippen LogP contribution < -0.4 is 15.1 Å². The highest BCUT2D eigenvalue weighted by Gasteiger charge is 2.48. The third-order valence-electron chi connectivity index (χ3n) is 6.60. The normalized spacial score (nSPS) is 19.4. The van der Waals surface area contributed by atoms with E-state index in [1.807, 2.05) is 0 Å². The highest BCUT2D eigenvalue weighted by Crippen LogP contribution is 2.39. The molecule has 2 fully saturated rings. The van der Waals surface area contributed by atoms with Gasteiger partial charge in [-0.15, -0.1) is 0 Å². The van der Waals surface area contributed by atoms with Crippen LogP contribution in [0.2, 0.25) is 5.02 Å². The van der Waals surface area contributed by atoms with Gasteiger partial charge >= 0.3 is 0 Å². The van der Waals surface area contributed by atoms with E-state index in [-0.39, 0.29) is 35.4 Å². The number of anilines is 2. The maximum absolute atomic E-state index is 14.5. The summed E-state index contributed by atoms with van der Waals surface area (Å²) in [4.78, 5) is 51.3. The number of morpholine rings is 1. The number of benzene rings is 2. The lowest BCUT2D eigenvalue weighted by Gasteiger charge is -2.40. The molecule has 0 radical (unpaired) electrons. The van der Waals surface area contributed by atoms with Crippen LogP contribution in [0.3, 0.4) is 0 Å². The quantitative estimate of drug-likeness (QED) is 0.462. The molecule has 2 aromatic carbocycles. The van der Waals surface area contributed by atoms with Gasteiger partial charge in [0.25, 0.3) is 17.7 Å². The molecule has 13 heteroatoms. The molecule has 9 nitrogen and oxygen atoms in total. The maximum Gasteiger partial charge on any atom is 0.256 e. The molecule has 1 N–H and O–H groups in total. The van der Waals surface area contributed by atoms with Crippen molar-refractivity contribution in [2.45, 2.75) is 36.9 Å². The number of carbonyl (C=O) groups excluding carboxylic acids is 3. The molecule has 1 aliphatic carbocycles. The monoisotopic (exact) mass is 573 g/mol. The number of nitrogens with one attached hydrogen (secondary N) is 1. The van der Waals surface area contributed by atoms with Crippen LogP contribution in [0.1, 0.15) is 24.4 Å². The summed E-state index contributed by atoms with van der Waals surface area (Å²) in [6.45, 7) is -0.618. The SMILES string of the molecule is O=C(NC1CC(F)(F)C1)[C@H](c1ccccc1Cl)N(C(=O)[C@@H]1COCC(=O)N1c1ncccn1)c1cccc(F)c1. The second kappa shape index (κ2) is 11.2. The van der Waals surface area contributed by atoms with E-state index in [4.69, 9.17) is 16.3 Å². The van der Waals surface area contributed by atoms with Crippen LogP contribution in [0, 0.1) is 5.82 Å². The van der Waals surface area contributed by atoms with Crippen molar-refractivity contribution < 1.29 is 32.3 Å². The Labute approximate surface area is 231 Å². The molecule has 0 spiro atoms. The van der Waals surface area contributed by atoms with Crippen molar-refractivity contribution in [3.63, 3.8) is 0 Å². The summed E-state index contributed by atoms with van der Waals surface area (Å²) in [6.07, 6.45) is 1.66. The van der Waals surface area contributed by atoms with E-state index >= 15 is 0 Å². The van der Waals surface area contributed by atoms with E-state index in [1.165, 1.54) is 42.7 Å². The number of halogens is 4. The summed E-state index contributed by atoms with van der Waals surface area (Å²) >= 11 is 6.47. The molecule has 208 valence electrons. The number of alkyl halides is 2. The Morgan fingerprint density at radius 2 is 1.82 bits per heavy atom. The van der Waals surface area contributed by atoms with Gasteiger partial charge in [0.05, 0.1) is 6.61 Å². The van der Waals surface area contributed by atoms with Gasteiger partial charge < -0.3 is 10.1 Å². The smallest absolute Gasteiger partial charge is 0.256 e. The van der Waals surface area contributed by atoms with Gasteiger partial charge in [-0.25, -0.2) is 23.1 Å². The first kappa shape index (κ1) is 27.5. The highest BCUT2D eigenvalue weighted by atomic mass is 35.5. The van der Waals surface area contributed by atoms with Crippen LogP contribution in [0.15, 0.2) is 67.0 Å². The van der Waals surface area contributed by atoms with Crippen LogP contribution in [-0.2, 0) is 19.1 Å². The Hall–Kier alpha value is -4.03. The highest BCUT2D eigenvalue weighted by molar-refractivity contribution is 6.31. The molecule has 1 saturated heterocycles. The van der Waals surface area contributed by atoms with Crippen LogP contribution in [0.5, 0.6) is 0 Å². The summed E-state index contributed by atoms with van der Waals surface area (Å²) in [5.41, 5.74) is 0.131. The predicted molar refractivity (Wildman–Crippen MR) is 138 cm³/mol. The lowest BCUT2D eigenvalue weighted by atomic mass is 9.87. The van der Waals surface area contributed by atoms with Gasteiger partial charge in [-0.05, 0) is 30.3 Å². The lowest BCUT2D eigenvalue weighted by molar-refractivity contribution is -0.136. The summed E-state index contributed by atoms with van der Waals surface area (Å²) in [7, 11) is 0. The Balaban J connectivity index is 1.61. The topological polar surface area (TPSA) is 105 Å². The molecule has 5 rings (SSSR count). The average molecular weight is 574 g/mol. The van der Waals surface area contributed by atoms with E-state index < -0.39 is 60.4 Å². The van der Waals surface area contributed by atoms with E-state index in [0.717, 1.165) is 21.9 Å². The van der Waals surface area contributed by atoms with Crippen LogP contribution in [0.4, 0.5) is 24.8 Å². The number of ether oxygens (including phenoxy) is 1. The lowest BCUT2D eigenvalue weighted by Crippen LogP contribution is -2.60. The van der Waals surface area contributed by atoms with Crippen LogP contribution in [-0.4, -0.2) is 58.9 Å². The Morgan fingerprint density at radius 3 is 2.50 bits per heavy atom. The van der Waals surface area contributed by atoms with Crippen LogP contribution >= 0.6 is 11.6 Å². The molecule has 0 unspecified atom stereocenters. The van der Waals surface area contributed by atoms with Crippen LogP contribution in [0.25, 0.3) is 0 Å². The molecule has 3 aromatic rings. The number of hydrogen-bond acceptors (Lipinski definition) is 6. The van der Waals surface area contributed by atoms with E-state index in [0.29, 0.717) is 0 Å². The Kier molecular flexibility index (Phi) is 7.72. The van der Waals surface area contributed by atoms with Crippen molar-refractivity contribution in [3.05, 3.63) is 83.4 Å². The largest absolute Gasteiger partial charge is 0.369 e. The Bertz CT molecular complexity index is 1420. The standard InChI is InChI=1S/C27H23ClF3N5O4/c28-20-8-2-1-7-19(20)23(24(38)34-17-12-27(30,31)13-17)35(18-6-3-5-16(29)11-18)25(39)21-14-40-15-22(37)36(21)26-32-9-4-10-33-26/h1-11,17,21,23H,12-15H2,(H,34,38)/t21-,23-/m0/s1. The van der Waals surface area contributed by atoms with Crippen molar-refractivity contribution in [2.75, 3.05) is 23.0 Å². The van der Waals surface area contributed by atoms with Gasteiger partial charge in [-0.2, -0.15) is 0 Å². The average Bonchev–Trinajstić information content (AvgIpc) is 2.91. The third-order valence-corrected chi connectivity index (χ3v) is 6.95. The minimum absolute atomic E-state index is 0.0315. The van der Waals surface area contributed by atoms with Crippen molar-refractivity contribution >= 4 is 41.0 Å². The minimum atomic E-state index is -2.91. The molecule has 1 aliphatic heterocycles. The Morgan fingerprint density at radius 1 is 1.10 bits per heavy atom. The number of rotatable bonds is 7. The summed E-state index contributed by atoms with van der Waals surface area (Å²) in [6, 6.07) is 8.98. The van der Waals surface area contributed by atoms with Crippen molar-refractivity contribution in [1.82, 2.24) is 15.3 Å². The number of hydrogen-bond donors (Lipinski definition) is 1. The fourth-order valence-electron chi connectivity index (χ4n) is 4.75. The van der Waals surface area contributed by atoms with E-state index in [9.17, 15) is 27.6 Å². The molecule has 40 heavy (non-hydrogen) atoms. The van der Waals surface area contributed by atoms with Gasteiger partial charge in [0.1, 0.15) is 24.5 Å². The molecular formula is C27H23ClF3N5O4. The minimum Gasteiger partial charge on any atom is -0.369 e. The number of nitrogens with zero attached hydrogens (tertiary/aromatic N) is 4. The summed E-state index contributed by atoms with van der Waals surface area (Å²) in [5, 5.41) is 2.68. The zero-order chi connectivity index (χ0) is 28.4. The summed E-state index contributed by atoms with van der Waals surface area (Å²) in [5.74, 6) is -5.92. The van der Waals surface area contributed by atoms with Gasteiger partial charge in [-0.3, -0.25) is 24.2 Å². The van der Waals surface area contributed by atoms with Gasteiger partial charge in [0.15, 0.2) is 0 Å².